The molecule has 1 N–H and O–H groups in total. The van der Waals surface area contributed by atoms with Gasteiger partial charge in [-0.1, -0.05) is 62.7 Å². The summed E-state index contributed by atoms with van der Waals surface area (Å²) < 4.78 is 23.9. The van der Waals surface area contributed by atoms with E-state index >= 15 is 0 Å². The highest BCUT2D eigenvalue weighted by molar-refractivity contribution is 7.91. The summed E-state index contributed by atoms with van der Waals surface area (Å²) in [6.45, 7) is 8.08. The first-order valence-electron chi connectivity index (χ1n) is 12.2. The van der Waals surface area contributed by atoms with Crippen LogP contribution in [0.25, 0.3) is 0 Å². The summed E-state index contributed by atoms with van der Waals surface area (Å²) in [5.41, 5.74) is 4.35. The van der Waals surface area contributed by atoms with Crippen LogP contribution < -0.4 is 10.2 Å². The fraction of sp³-hybridized carbons (Fsp3) is 0.310. The molecule has 0 aliphatic carbocycles. The van der Waals surface area contributed by atoms with Crippen molar-refractivity contribution in [1.29, 1.82) is 0 Å². The normalized spacial score (nSPS) is 17.7. The number of rotatable bonds is 8. The third-order valence-corrected chi connectivity index (χ3v) is 8.55. The van der Waals surface area contributed by atoms with Gasteiger partial charge in [0.25, 0.3) is 5.91 Å². The highest BCUT2D eigenvalue weighted by Crippen LogP contribution is 2.46. The van der Waals surface area contributed by atoms with Crippen molar-refractivity contribution < 1.29 is 18.0 Å². The molecule has 7 heteroatoms. The summed E-state index contributed by atoms with van der Waals surface area (Å²) in [7, 11) is -3.25. The molecule has 0 saturated carbocycles. The highest BCUT2D eigenvalue weighted by atomic mass is 32.2. The lowest BCUT2D eigenvalue weighted by Gasteiger charge is -2.49. The van der Waals surface area contributed by atoms with Gasteiger partial charge in [0, 0.05) is 17.8 Å². The van der Waals surface area contributed by atoms with Gasteiger partial charge in [0.05, 0.1) is 22.6 Å². The number of sulfone groups is 1. The molecular formula is C29H32N2O4S. The molecule has 36 heavy (non-hydrogen) atoms. The molecule has 2 atom stereocenters. The van der Waals surface area contributed by atoms with Gasteiger partial charge < -0.3 is 10.2 Å². The lowest BCUT2D eigenvalue weighted by atomic mass is 9.75. The number of hydrogen-bond donors (Lipinski definition) is 1. The van der Waals surface area contributed by atoms with Crippen LogP contribution in [0.4, 0.5) is 5.69 Å². The van der Waals surface area contributed by atoms with Crippen LogP contribution in [0.2, 0.25) is 0 Å². The minimum Gasteiger partial charge on any atom is -0.348 e. The van der Waals surface area contributed by atoms with Crippen LogP contribution in [0.1, 0.15) is 53.9 Å². The zero-order valence-electron chi connectivity index (χ0n) is 21.1. The standard InChI is InChI=1S/C29H32N2O4S/c1-5-36(34,35)25-16-8-21(9-17-25)18-30-28(32)23-12-14-24(15-13-23)31-27(26(19(2)3)29(31)33)22-10-6-20(4)7-11-22/h6-17,19,26-27H,5,18H2,1-4H3,(H,30,32)/t26-,27-/m1/s1. The number of benzene rings is 3. The van der Waals surface area contributed by atoms with Crippen LogP contribution >= 0.6 is 0 Å². The molecule has 2 amide bonds. The van der Waals surface area contributed by atoms with E-state index in [1.54, 1.807) is 43.3 Å². The molecule has 188 valence electrons. The predicted octanol–water partition coefficient (Wildman–Crippen LogP) is 5.08. The van der Waals surface area contributed by atoms with Crippen LogP contribution in [0.3, 0.4) is 0 Å². The molecule has 3 aromatic rings. The lowest BCUT2D eigenvalue weighted by Crippen LogP contribution is -2.57. The van der Waals surface area contributed by atoms with Gasteiger partial charge in [0.2, 0.25) is 5.91 Å². The Morgan fingerprint density at radius 2 is 1.56 bits per heavy atom. The Hall–Kier alpha value is -3.45. The van der Waals surface area contributed by atoms with Gasteiger partial charge in [-0.15, -0.1) is 0 Å². The van der Waals surface area contributed by atoms with Gasteiger partial charge in [0.1, 0.15) is 0 Å². The van der Waals surface area contributed by atoms with E-state index in [1.807, 2.05) is 24.0 Å². The summed E-state index contributed by atoms with van der Waals surface area (Å²) in [4.78, 5) is 27.8. The quantitative estimate of drug-likeness (QED) is 0.434. The van der Waals surface area contributed by atoms with E-state index in [0.29, 0.717) is 5.56 Å². The third-order valence-electron chi connectivity index (χ3n) is 6.80. The van der Waals surface area contributed by atoms with Crippen LogP contribution in [-0.2, 0) is 21.2 Å². The predicted molar refractivity (Wildman–Crippen MR) is 142 cm³/mol. The molecule has 1 aliphatic rings. The van der Waals surface area contributed by atoms with E-state index < -0.39 is 9.84 Å². The molecule has 1 aliphatic heterocycles. The number of aryl methyl sites for hydroxylation is 1. The van der Waals surface area contributed by atoms with E-state index in [1.165, 1.54) is 5.56 Å². The number of hydrogen-bond acceptors (Lipinski definition) is 4. The number of amides is 2. The zero-order valence-corrected chi connectivity index (χ0v) is 21.9. The molecule has 1 saturated heterocycles. The molecule has 1 heterocycles. The van der Waals surface area contributed by atoms with Gasteiger partial charge in [-0.25, -0.2) is 8.42 Å². The fourth-order valence-corrected chi connectivity index (χ4v) is 5.49. The first-order valence-corrected chi connectivity index (χ1v) is 13.9. The van der Waals surface area contributed by atoms with Crippen molar-refractivity contribution in [1.82, 2.24) is 5.32 Å². The molecule has 4 rings (SSSR count). The number of carbonyl (C=O) groups is 2. The maximum Gasteiger partial charge on any atom is 0.251 e. The number of nitrogens with one attached hydrogen (secondary N) is 1. The first kappa shape index (κ1) is 25.6. The van der Waals surface area contributed by atoms with E-state index in [4.69, 9.17) is 0 Å². The maximum atomic E-state index is 13.0. The van der Waals surface area contributed by atoms with E-state index in [-0.39, 0.29) is 46.9 Å². The van der Waals surface area contributed by atoms with Gasteiger partial charge >= 0.3 is 0 Å². The van der Waals surface area contributed by atoms with Gasteiger partial charge in [0.15, 0.2) is 9.84 Å². The molecule has 1 fully saturated rings. The smallest absolute Gasteiger partial charge is 0.251 e. The number of β-lactam (4-membered cyclic amide) rings is 1. The Morgan fingerprint density at radius 1 is 0.944 bits per heavy atom. The molecule has 0 spiro atoms. The summed E-state index contributed by atoms with van der Waals surface area (Å²) >= 11 is 0. The third kappa shape index (κ3) is 5.07. The van der Waals surface area contributed by atoms with E-state index in [9.17, 15) is 18.0 Å². The maximum absolute atomic E-state index is 13.0. The van der Waals surface area contributed by atoms with Gasteiger partial charge in [-0.2, -0.15) is 0 Å². The highest BCUT2D eigenvalue weighted by Gasteiger charge is 2.50. The van der Waals surface area contributed by atoms with Crippen molar-refractivity contribution in [2.75, 3.05) is 10.7 Å². The molecule has 0 aromatic heterocycles. The van der Waals surface area contributed by atoms with Gasteiger partial charge in [-0.3, -0.25) is 9.59 Å². The minimum atomic E-state index is -3.25. The number of anilines is 1. The Labute approximate surface area is 213 Å². The second kappa shape index (κ2) is 10.3. The molecule has 0 bridgehead atoms. The van der Waals surface area contributed by atoms with Crippen molar-refractivity contribution in [2.45, 2.75) is 45.2 Å². The Bertz CT molecular complexity index is 1350. The van der Waals surface area contributed by atoms with Crippen LogP contribution in [0.15, 0.2) is 77.7 Å². The molecule has 0 unspecified atom stereocenters. The minimum absolute atomic E-state index is 0.0303. The largest absolute Gasteiger partial charge is 0.348 e. The average molecular weight is 505 g/mol. The Morgan fingerprint density at radius 3 is 2.11 bits per heavy atom. The summed E-state index contributed by atoms with van der Waals surface area (Å²) in [6, 6.07) is 21.9. The summed E-state index contributed by atoms with van der Waals surface area (Å²) in [5.74, 6) is 0.0558. The zero-order chi connectivity index (χ0) is 26.0. The van der Waals surface area contributed by atoms with E-state index in [0.717, 1.165) is 16.8 Å². The lowest BCUT2D eigenvalue weighted by molar-refractivity contribution is -0.132. The van der Waals surface area contributed by atoms with E-state index in [2.05, 4.69) is 43.4 Å². The topological polar surface area (TPSA) is 83.6 Å². The molecule has 0 radical (unpaired) electrons. The fourth-order valence-electron chi connectivity index (χ4n) is 4.61. The van der Waals surface area contributed by atoms with Crippen LogP contribution in [0, 0.1) is 18.8 Å². The van der Waals surface area contributed by atoms with Gasteiger partial charge in [-0.05, 0) is 60.4 Å². The van der Waals surface area contributed by atoms with Crippen molar-refractivity contribution in [3.05, 3.63) is 95.1 Å². The van der Waals surface area contributed by atoms with Crippen LogP contribution in [-0.4, -0.2) is 26.0 Å². The Kier molecular flexibility index (Phi) is 7.31. The van der Waals surface area contributed by atoms with Crippen LogP contribution in [0.5, 0.6) is 0 Å². The number of carbonyl (C=O) groups excluding carboxylic acids is 2. The summed E-state index contributed by atoms with van der Waals surface area (Å²) in [5, 5.41) is 2.87. The Balaban J connectivity index is 1.45. The molecule has 6 nitrogen and oxygen atoms in total. The molecular weight excluding hydrogens is 472 g/mol. The SMILES string of the molecule is CCS(=O)(=O)c1ccc(CNC(=O)c2ccc(N3C(=O)[C@H](C(C)C)[C@H]3c3ccc(C)cc3)cc2)cc1. The van der Waals surface area contributed by atoms with Crippen molar-refractivity contribution in [3.8, 4) is 0 Å². The summed E-state index contributed by atoms with van der Waals surface area (Å²) in [6.07, 6.45) is 0. The number of nitrogens with zero attached hydrogens (tertiary/aromatic N) is 1. The van der Waals surface area contributed by atoms with Crippen molar-refractivity contribution in [2.24, 2.45) is 11.8 Å². The molecule has 3 aromatic carbocycles. The second-order valence-corrected chi connectivity index (χ2v) is 11.9. The average Bonchev–Trinajstić information content (AvgIpc) is 2.87. The van der Waals surface area contributed by atoms with Crippen molar-refractivity contribution >= 4 is 27.3 Å². The monoisotopic (exact) mass is 504 g/mol. The second-order valence-electron chi connectivity index (χ2n) is 9.61. The first-order chi connectivity index (χ1) is 17.1. The van der Waals surface area contributed by atoms with Crippen molar-refractivity contribution in [3.63, 3.8) is 0 Å².